The minimum absolute atomic E-state index is 0.0913. The van der Waals surface area contributed by atoms with Crippen molar-refractivity contribution in [3.63, 3.8) is 0 Å². The molecular formula is C21H32O4. The number of rotatable bonds is 6. The predicted molar refractivity (Wildman–Crippen MR) is 95.8 cm³/mol. The SMILES string of the molecule is C=C(C)C(=O)OC(CC)C(=O)OC(C)(C)C12CC3CC(CC(C3)C1)C2. The van der Waals surface area contributed by atoms with Gasteiger partial charge in [0.2, 0.25) is 0 Å². The van der Waals surface area contributed by atoms with E-state index in [0.29, 0.717) is 12.0 Å². The van der Waals surface area contributed by atoms with Gasteiger partial charge in [-0.15, -0.1) is 0 Å². The van der Waals surface area contributed by atoms with Crippen LogP contribution in [0.15, 0.2) is 12.2 Å². The maximum atomic E-state index is 12.7. The molecule has 4 nitrogen and oxygen atoms in total. The number of hydrogen-bond acceptors (Lipinski definition) is 4. The molecular weight excluding hydrogens is 316 g/mol. The van der Waals surface area contributed by atoms with E-state index in [4.69, 9.17) is 9.47 Å². The monoisotopic (exact) mass is 348 g/mol. The Bertz CT molecular complexity index is 539. The van der Waals surface area contributed by atoms with Crippen LogP contribution in [0.25, 0.3) is 0 Å². The zero-order valence-corrected chi connectivity index (χ0v) is 16.1. The summed E-state index contributed by atoms with van der Waals surface area (Å²) in [6.45, 7) is 11.1. The average Bonchev–Trinajstić information content (AvgIpc) is 2.50. The van der Waals surface area contributed by atoms with E-state index < -0.39 is 23.6 Å². The molecule has 4 aliphatic rings. The molecule has 4 aliphatic carbocycles. The highest BCUT2D eigenvalue weighted by Gasteiger charge is 2.59. The second-order valence-electron chi connectivity index (χ2n) is 9.21. The fourth-order valence-electron chi connectivity index (χ4n) is 5.80. The van der Waals surface area contributed by atoms with Crippen LogP contribution < -0.4 is 0 Å². The predicted octanol–water partition coefficient (Wildman–Crippen LogP) is 4.42. The van der Waals surface area contributed by atoms with Crippen molar-refractivity contribution < 1.29 is 19.1 Å². The van der Waals surface area contributed by atoms with Crippen molar-refractivity contribution in [2.45, 2.75) is 84.3 Å². The van der Waals surface area contributed by atoms with Crippen molar-refractivity contribution in [3.05, 3.63) is 12.2 Å². The van der Waals surface area contributed by atoms with Crippen LogP contribution in [0.5, 0.6) is 0 Å². The van der Waals surface area contributed by atoms with Crippen LogP contribution >= 0.6 is 0 Å². The molecule has 0 radical (unpaired) electrons. The first kappa shape index (κ1) is 18.5. The molecule has 4 fully saturated rings. The third-order valence-electron chi connectivity index (χ3n) is 6.90. The van der Waals surface area contributed by atoms with E-state index in [2.05, 4.69) is 20.4 Å². The second-order valence-corrected chi connectivity index (χ2v) is 9.21. The molecule has 0 aliphatic heterocycles. The summed E-state index contributed by atoms with van der Waals surface area (Å²) in [5, 5.41) is 0. The lowest BCUT2D eigenvalue weighted by molar-refractivity contribution is -0.208. The second kappa shape index (κ2) is 6.44. The minimum Gasteiger partial charge on any atom is -0.456 e. The van der Waals surface area contributed by atoms with E-state index in [1.165, 1.54) is 38.5 Å². The van der Waals surface area contributed by atoms with Crippen molar-refractivity contribution in [2.75, 3.05) is 0 Å². The third-order valence-corrected chi connectivity index (χ3v) is 6.90. The van der Waals surface area contributed by atoms with Crippen LogP contribution in [0.4, 0.5) is 0 Å². The highest BCUT2D eigenvalue weighted by Crippen LogP contribution is 2.64. The molecule has 0 aromatic rings. The smallest absolute Gasteiger partial charge is 0.348 e. The lowest BCUT2D eigenvalue weighted by Gasteiger charge is -2.61. The zero-order valence-electron chi connectivity index (χ0n) is 16.1. The molecule has 4 saturated carbocycles. The van der Waals surface area contributed by atoms with E-state index in [1.807, 2.05) is 6.92 Å². The molecule has 4 rings (SSSR count). The van der Waals surface area contributed by atoms with E-state index in [1.54, 1.807) is 6.92 Å². The van der Waals surface area contributed by atoms with Gasteiger partial charge in [-0.2, -0.15) is 0 Å². The fraction of sp³-hybridized carbons (Fsp3) is 0.810. The third kappa shape index (κ3) is 3.37. The summed E-state index contributed by atoms with van der Waals surface area (Å²) in [6, 6.07) is 0. The van der Waals surface area contributed by atoms with Crippen LogP contribution in [0.2, 0.25) is 0 Å². The molecule has 1 atom stereocenters. The topological polar surface area (TPSA) is 52.6 Å². The summed E-state index contributed by atoms with van der Waals surface area (Å²) in [7, 11) is 0. The summed E-state index contributed by atoms with van der Waals surface area (Å²) in [5.74, 6) is 1.45. The van der Waals surface area contributed by atoms with Gasteiger partial charge in [0.1, 0.15) is 5.60 Å². The molecule has 0 aromatic carbocycles. The quantitative estimate of drug-likeness (QED) is 0.526. The number of carbonyl (C=O) groups is 2. The van der Waals surface area contributed by atoms with Crippen molar-refractivity contribution in [3.8, 4) is 0 Å². The summed E-state index contributed by atoms with van der Waals surface area (Å²) in [5.41, 5.74) is -0.136. The Morgan fingerprint density at radius 2 is 1.60 bits per heavy atom. The van der Waals surface area contributed by atoms with Gasteiger partial charge in [0, 0.05) is 11.0 Å². The highest BCUT2D eigenvalue weighted by molar-refractivity contribution is 5.89. The van der Waals surface area contributed by atoms with Gasteiger partial charge in [0.25, 0.3) is 0 Å². The number of esters is 2. The summed E-state index contributed by atoms with van der Waals surface area (Å²) in [6.07, 6.45) is 7.14. The van der Waals surface area contributed by atoms with E-state index in [0.717, 1.165) is 17.8 Å². The minimum atomic E-state index is -0.850. The molecule has 0 saturated heterocycles. The molecule has 0 spiro atoms. The van der Waals surface area contributed by atoms with E-state index >= 15 is 0 Å². The van der Waals surface area contributed by atoms with Crippen LogP contribution in [-0.2, 0) is 19.1 Å². The van der Waals surface area contributed by atoms with Gasteiger partial charge < -0.3 is 9.47 Å². The maximum absolute atomic E-state index is 12.7. The molecule has 0 amide bonds. The molecule has 0 N–H and O–H groups in total. The van der Waals surface area contributed by atoms with Crippen LogP contribution in [-0.4, -0.2) is 23.6 Å². The van der Waals surface area contributed by atoms with Crippen LogP contribution in [0.3, 0.4) is 0 Å². The molecule has 4 heteroatoms. The first-order chi connectivity index (χ1) is 11.7. The fourth-order valence-corrected chi connectivity index (χ4v) is 5.80. The largest absolute Gasteiger partial charge is 0.456 e. The normalized spacial score (nSPS) is 34.5. The van der Waals surface area contributed by atoms with Crippen molar-refractivity contribution >= 4 is 11.9 Å². The summed E-state index contributed by atoms with van der Waals surface area (Å²) < 4.78 is 11.3. The van der Waals surface area contributed by atoms with Gasteiger partial charge in [-0.3, -0.25) is 0 Å². The van der Waals surface area contributed by atoms with Gasteiger partial charge >= 0.3 is 11.9 Å². The average molecular weight is 348 g/mol. The Kier molecular flexibility index (Phi) is 4.76. The van der Waals surface area contributed by atoms with Gasteiger partial charge in [-0.1, -0.05) is 13.5 Å². The van der Waals surface area contributed by atoms with Crippen molar-refractivity contribution in [2.24, 2.45) is 23.2 Å². The van der Waals surface area contributed by atoms with Crippen molar-refractivity contribution in [1.29, 1.82) is 0 Å². The van der Waals surface area contributed by atoms with Crippen LogP contribution in [0.1, 0.15) is 72.6 Å². The van der Waals surface area contributed by atoms with Gasteiger partial charge in [0.15, 0.2) is 6.10 Å². The maximum Gasteiger partial charge on any atom is 0.348 e. The summed E-state index contributed by atoms with van der Waals surface area (Å²) >= 11 is 0. The standard InChI is InChI=1S/C21H32O4/c1-6-17(24-18(22)13(2)3)19(23)25-20(4,5)21-10-14-7-15(11-21)9-16(8-14)12-21/h14-17H,2,6-12H2,1,3-5H3. The van der Waals surface area contributed by atoms with Gasteiger partial charge in [-0.05, 0) is 83.5 Å². The molecule has 140 valence electrons. The van der Waals surface area contributed by atoms with E-state index in [9.17, 15) is 9.59 Å². The molecule has 0 aromatic heterocycles. The molecule has 4 bridgehead atoms. The zero-order chi connectivity index (χ0) is 18.4. The number of ether oxygens (including phenoxy) is 2. The Morgan fingerprint density at radius 3 is 2.00 bits per heavy atom. The Balaban J connectivity index is 1.71. The Morgan fingerprint density at radius 1 is 1.12 bits per heavy atom. The van der Waals surface area contributed by atoms with Crippen molar-refractivity contribution in [1.82, 2.24) is 0 Å². The Labute approximate surface area is 151 Å². The van der Waals surface area contributed by atoms with E-state index in [-0.39, 0.29) is 5.41 Å². The highest BCUT2D eigenvalue weighted by atomic mass is 16.6. The lowest BCUT2D eigenvalue weighted by atomic mass is 9.46. The Hall–Kier alpha value is -1.32. The first-order valence-corrected chi connectivity index (χ1v) is 9.75. The van der Waals surface area contributed by atoms with Gasteiger partial charge in [0.05, 0.1) is 0 Å². The summed E-state index contributed by atoms with van der Waals surface area (Å²) in [4.78, 5) is 24.5. The first-order valence-electron chi connectivity index (χ1n) is 9.75. The number of hydrogen-bond donors (Lipinski definition) is 0. The molecule has 0 heterocycles. The van der Waals surface area contributed by atoms with Gasteiger partial charge in [-0.25, -0.2) is 9.59 Å². The number of carbonyl (C=O) groups excluding carboxylic acids is 2. The lowest BCUT2D eigenvalue weighted by Crippen LogP contribution is -2.58. The molecule has 25 heavy (non-hydrogen) atoms. The van der Waals surface area contributed by atoms with Crippen LogP contribution in [0, 0.1) is 23.2 Å². The molecule has 1 unspecified atom stereocenters.